The van der Waals surface area contributed by atoms with Crippen LogP contribution in [0.1, 0.15) is 18.9 Å². The van der Waals surface area contributed by atoms with Crippen molar-refractivity contribution in [3.05, 3.63) is 41.4 Å². The Balaban J connectivity index is 2.35. The molecular formula is C11H14N2O2. The number of hydrogen-bond acceptors (Lipinski definition) is 2. The summed E-state index contributed by atoms with van der Waals surface area (Å²) in [4.78, 5) is 10.5. The highest BCUT2D eigenvalue weighted by molar-refractivity contribution is 5.72. The van der Waals surface area contributed by atoms with E-state index in [1.807, 2.05) is 18.2 Å². The first-order valence-electron chi connectivity index (χ1n) is 4.78. The van der Waals surface area contributed by atoms with Gasteiger partial charge < -0.3 is 10.5 Å². The number of aromatic nitrogens is 1. The average Bonchev–Trinajstić information content (AvgIpc) is 2.17. The zero-order chi connectivity index (χ0) is 11.1. The molecule has 0 fully saturated rings. The van der Waals surface area contributed by atoms with Crippen LogP contribution in [0.2, 0.25) is 0 Å². The molecule has 0 unspecified atom stereocenters. The van der Waals surface area contributed by atoms with E-state index in [2.05, 4.69) is 5.32 Å². The highest BCUT2D eigenvalue weighted by atomic mass is 16.5. The predicted molar refractivity (Wildman–Crippen MR) is 57.7 cm³/mol. The van der Waals surface area contributed by atoms with Gasteiger partial charge in [0.25, 0.3) is 0 Å². The second-order valence-corrected chi connectivity index (χ2v) is 3.17. The molecule has 0 aliphatic heterocycles. The monoisotopic (exact) mass is 206 g/mol. The third-order valence-corrected chi connectivity index (χ3v) is 1.79. The molecule has 15 heavy (non-hydrogen) atoms. The summed E-state index contributed by atoms with van der Waals surface area (Å²) in [6.45, 7) is 2.11. The lowest BCUT2D eigenvalue weighted by Crippen LogP contribution is -2.24. The van der Waals surface area contributed by atoms with Gasteiger partial charge >= 0.3 is 0 Å². The highest BCUT2D eigenvalue weighted by Gasteiger charge is 1.91. The lowest BCUT2D eigenvalue weighted by atomic mass is 10.2. The zero-order valence-corrected chi connectivity index (χ0v) is 8.64. The van der Waals surface area contributed by atoms with Crippen LogP contribution in [0.15, 0.2) is 30.6 Å². The molecule has 0 bridgehead atoms. The molecule has 0 aliphatic carbocycles. The van der Waals surface area contributed by atoms with Crippen molar-refractivity contribution in [3.8, 4) is 0 Å². The largest absolute Gasteiger partial charge is 0.619 e. The van der Waals surface area contributed by atoms with Gasteiger partial charge in [0.2, 0.25) is 5.91 Å². The summed E-state index contributed by atoms with van der Waals surface area (Å²) in [5.74, 6) is -0.0273. The number of rotatable bonds is 4. The Kier molecular flexibility index (Phi) is 4.34. The van der Waals surface area contributed by atoms with Crippen LogP contribution in [0.5, 0.6) is 0 Å². The maximum atomic E-state index is 10.9. The van der Waals surface area contributed by atoms with Gasteiger partial charge in [-0.1, -0.05) is 12.2 Å². The summed E-state index contributed by atoms with van der Waals surface area (Å²) in [5.41, 5.74) is 0.857. The molecule has 4 heteroatoms. The van der Waals surface area contributed by atoms with Crippen LogP contribution < -0.4 is 10.0 Å². The fourth-order valence-corrected chi connectivity index (χ4v) is 1.12. The number of amides is 1. The Labute approximate surface area is 88.8 Å². The first-order chi connectivity index (χ1) is 7.18. The lowest BCUT2D eigenvalue weighted by Gasteiger charge is -1.97. The average molecular weight is 206 g/mol. The van der Waals surface area contributed by atoms with Gasteiger partial charge in [-0.3, -0.25) is 4.79 Å². The Bertz CT molecular complexity index is 361. The molecular weight excluding hydrogens is 192 g/mol. The van der Waals surface area contributed by atoms with Crippen molar-refractivity contribution in [1.82, 2.24) is 5.32 Å². The number of carbonyl (C=O) groups excluding carboxylic acids is 1. The number of pyridine rings is 1. The molecule has 0 spiro atoms. The topological polar surface area (TPSA) is 56.0 Å². The normalized spacial score (nSPS) is 10.5. The minimum absolute atomic E-state index is 0.0273. The summed E-state index contributed by atoms with van der Waals surface area (Å²) < 4.78 is 0.757. The quantitative estimate of drug-likeness (QED) is 0.451. The molecule has 0 saturated carbocycles. The van der Waals surface area contributed by atoms with Crippen LogP contribution in [0, 0.1) is 5.21 Å². The first-order valence-corrected chi connectivity index (χ1v) is 4.78. The van der Waals surface area contributed by atoms with Crippen molar-refractivity contribution in [3.63, 3.8) is 0 Å². The van der Waals surface area contributed by atoms with Crippen molar-refractivity contribution < 1.29 is 9.52 Å². The van der Waals surface area contributed by atoms with E-state index in [0.717, 1.165) is 16.7 Å². The van der Waals surface area contributed by atoms with Gasteiger partial charge in [0.1, 0.15) is 0 Å². The SMILES string of the molecule is CC(=O)NCCC=Cc1ccc[n+]([O-])c1. The summed E-state index contributed by atoms with van der Waals surface area (Å²) in [5, 5.41) is 13.6. The molecule has 1 amide bonds. The molecule has 1 N–H and O–H groups in total. The highest BCUT2D eigenvalue weighted by Crippen LogP contribution is 1.98. The molecule has 1 heterocycles. The summed E-state index contributed by atoms with van der Waals surface area (Å²) >= 11 is 0. The molecule has 1 aromatic rings. The smallest absolute Gasteiger partial charge is 0.216 e. The molecule has 4 nitrogen and oxygen atoms in total. The van der Waals surface area contributed by atoms with E-state index in [1.165, 1.54) is 19.3 Å². The van der Waals surface area contributed by atoms with E-state index in [1.54, 1.807) is 6.07 Å². The molecule has 0 aromatic carbocycles. The van der Waals surface area contributed by atoms with Crippen LogP contribution in [-0.4, -0.2) is 12.5 Å². The Morgan fingerprint density at radius 1 is 1.67 bits per heavy atom. The molecule has 1 rings (SSSR count). The number of nitrogens with one attached hydrogen (secondary N) is 1. The van der Waals surface area contributed by atoms with Gasteiger partial charge in [0.15, 0.2) is 12.4 Å². The molecule has 1 aromatic heterocycles. The Morgan fingerprint density at radius 2 is 2.47 bits per heavy atom. The van der Waals surface area contributed by atoms with E-state index in [-0.39, 0.29) is 5.91 Å². The summed E-state index contributed by atoms with van der Waals surface area (Å²) in [6, 6.07) is 3.55. The van der Waals surface area contributed by atoms with Crippen LogP contribution in [0.25, 0.3) is 6.08 Å². The summed E-state index contributed by atoms with van der Waals surface area (Å²) in [7, 11) is 0. The fourth-order valence-electron chi connectivity index (χ4n) is 1.12. The van der Waals surface area contributed by atoms with Crippen molar-refractivity contribution >= 4 is 12.0 Å². The van der Waals surface area contributed by atoms with Gasteiger partial charge in [-0.25, -0.2) is 0 Å². The molecule has 0 radical (unpaired) electrons. The maximum Gasteiger partial charge on any atom is 0.216 e. The van der Waals surface area contributed by atoms with E-state index in [0.29, 0.717) is 6.54 Å². The second kappa shape index (κ2) is 5.80. The van der Waals surface area contributed by atoms with Gasteiger partial charge in [-0.05, 0) is 12.5 Å². The number of nitrogens with zero attached hydrogens (tertiary/aromatic N) is 1. The second-order valence-electron chi connectivity index (χ2n) is 3.17. The van der Waals surface area contributed by atoms with E-state index in [9.17, 15) is 10.0 Å². The Morgan fingerprint density at radius 3 is 3.13 bits per heavy atom. The Hall–Kier alpha value is -1.84. The number of carbonyl (C=O) groups is 1. The van der Waals surface area contributed by atoms with Crippen molar-refractivity contribution in [2.24, 2.45) is 0 Å². The minimum atomic E-state index is -0.0273. The third kappa shape index (κ3) is 4.81. The molecule has 80 valence electrons. The maximum absolute atomic E-state index is 10.9. The lowest BCUT2D eigenvalue weighted by molar-refractivity contribution is -0.605. The number of hydrogen-bond donors (Lipinski definition) is 1. The van der Waals surface area contributed by atoms with Gasteiger partial charge in [0, 0.05) is 25.1 Å². The van der Waals surface area contributed by atoms with Gasteiger partial charge in [-0.2, -0.15) is 4.73 Å². The van der Waals surface area contributed by atoms with Crippen molar-refractivity contribution in [2.45, 2.75) is 13.3 Å². The van der Waals surface area contributed by atoms with E-state index >= 15 is 0 Å². The molecule has 0 atom stereocenters. The minimum Gasteiger partial charge on any atom is -0.619 e. The van der Waals surface area contributed by atoms with Crippen LogP contribution >= 0.6 is 0 Å². The van der Waals surface area contributed by atoms with Crippen molar-refractivity contribution in [1.29, 1.82) is 0 Å². The van der Waals surface area contributed by atoms with Gasteiger partial charge in [0.05, 0.1) is 0 Å². The van der Waals surface area contributed by atoms with Crippen LogP contribution in [0.4, 0.5) is 0 Å². The van der Waals surface area contributed by atoms with E-state index in [4.69, 9.17) is 0 Å². The van der Waals surface area contributed by atoms with Crippen molar-refractivity contribution in [2.75, 3.05) is 6.54 Å². The molecule has 0 saturated heterocycles. The van der Waals surface area contributed by atoms with E-state index < -0.39 is 0 Å². The van der Waals surface area contributed by atoms with Gasteiger partial charge in [-0.15, -0.1) is 0 Å². The first kappa shape index (κ1) is 11.2. The summed E-state index contributed by atoms with van der Waals surface area (Å²) in [6.07, 6.45) is 7.47. The predicted octanol–water partition coefficient (Wildman–Crippen LogP) is 0.859. The fraction of sp³-hybridized carbons (Fsp3) is 0.273. The van der Waals surface area contributed by atoms with Crippen LogP contribution in [-0.2, 0) is 4.79 Å². The standard InChI is InChI=1S/C11H14N2O2/c1-10(14)12-7-3-2-5-11-6-4-8-13(15)9-11/h2,4-6,8-9H,3,7H2,1H3,(H,12,14). The van der Waals surface area contributed by atoms with Crippen LogP contribution in [0.3, 0.4) is 0 Å². The third-order valence-electron chi connectivity index (χ3n) is 1.79. The zero-order valence-electron chi connectivity index (χ0n) is 8.64. The molecule has 0 aliphatic rings.